The van der Waals surface area contributed by atoms with E-state index in [1.165, 1.54) is 0 Å². The quantitative estimate of drug-likeness (QED) is 0.754. The maximum Gasteiger partial charge on any atom is 0.259 e. The highest BCUT2D eigenvalue weighted by atomic mass is 16.5. The number of rotatable bonds is 4. The average Bonchev–Trinajstić information content (AvgIpc) is 3.06. The highest BCUT2D eigenvalue weighted by Gasteiger charge is 2.11. The molecule has 0 unspecified atom stereocenters. The first kappa shape index (κ1) is 14.2. The van der Waals surface area contributed by atoms with Gasteiger partial charge in [0, 0.05) is 31.1 Å². The van der Waals surface area contributed by atoms with Crippen molar-refractivity contribution < 1.29 is 9.47 Å². The lowest BCUT2D eigenvalue weighted by atomic mass is 10.1. The van der Waals surface area contributed by atoms with Gasteiger partial charge in [0.15, 0.2) is 0 Å². The molecule has 3 heterocycles. The van der Waals surface area contributed by atoms with Crippen molar-refractivity contribution in [1.29, 1.82) is 0 Å². The molecular formula is C16H18N4O3. The molecule has 1 aromatic carbocycles. The van der Waals surface area contributed by atoms with Gasteiger partial charge in [-0.1, -0.05) is 0 Å². The molecule has 1 aliphatic rings. The van der Waals surface area contributed by atoms with Gasteiger partial charge in [-0.25, -0.2) is 0 Å². The number of pyridine rings is 1. The van der Waals surface area contributed by atoms with E-state index in [2.05, 4.69) is 20.1 Å². The van der Waals surface area contributed by atoms with Gasteiger partial charge in [0.25, 0.3) is 5.56 Å². The Morgan fingerprint density at radius 3 is 3.00 bits per heavy atom. The number of hydrogen-bond donors (Lipinski definition) is 2. The zero-order chi connectivity index (χ0) is 15.6. The zero-order valence-corrected chi connectivity index (χ0v) is 12.7. The molecule has 2 aromatic heterocycles. The Labute approximate surface area is 132 Å². The minimum absolute atomic E-state index is 0.147. The zero-order valence-electron chi connectivity index (χ0n) is 12.7. The minimum atomic E-state index is -0.147. The molecule has 3 aromatic rings. The van der Waals surface area contributed by atoms with Crippen molar-refractivity contribution in [2.45, 2.75) is 0 Å². The lowest BCUT2D eigenvalue weighted by molar-refractivity contribution is 0.0322. The van der Waals surface area contributed by atoms with E-state index in [1.54, 1.807) is 6.20 Å². The van der Waals surface area contributed by atoms with Crippen molar-refractivity contribution in [3.05, 3.63) is 34.7 Å². The summed E-state index contributed by atoms with van der Waals surface area (Å²) >= 11 is 0. The number of aromatic nitrogens is 3. The van der Waals surface area contributed by atoms with Crippen molar-refractivity contribution in [1.82, 2.24) is 20.1 Å². The summed E-state index contributed by atoms with van der Waals surface area (Å²) in [6.07, 6.45) is 1.54. The van der Waals surface area contributed by atoms with Crippen LogP contribution in [0.1, 0.15) is 0 Å². The fourth-order valence-corrected chi connectivity index (χ4v) is 2.91. The summed E-state index contributed by atoms with van der Waals surface area (Å²) in [6.45, 7) is 4.97. The number of nitrogens with zero attached hydrogens (tertiary/aromatic N) is 2. The van der Waals surface area contributed by atoms with Crippen LogP contribution in [-0.2, 0) is 4.74 Å². The highest BCUT2D eigenvalue weighted by molar-refractivity contribution is 6.02. The molecule has 2 N–H and O–H groups in total. The fourth-order valence-electron chi connectivity index (χ4n) is 2.91. The van der Waals surface area contributed by atoms with E-state index in [0.29, 0.717) is 12.0 Å². The normalized spacial score (nSPS) is 16.2. The first-order valence-electron chi connectivity index (χ1n) is 7.73. The van der Waals surface area contributed by atoms with Crippen molar-refractivity contribution in [3.8, 4) is 5.75 Å². The van der Waals surface area contributed by atoms with Gasteiger partial charge >= 0.3 is 0 Å². The Morgan fingerprint density at radius 2 is 2.13 bits per heavy atom. The van der Waals surface area contributed by atoms with Crippen LogP contribution in [0.2, 0.25) is 0 Å². The smallest absolute Gasteiger partial charge is 0.259 e. The van der Waals surface area contributed by atoms with Gasteiger partial charge < -0.3 is 14.5 Å². The van der Waals surface area contributed by atoms with Crippen molar-refractivity contribution in [3.63, 3.8) is 0 Å². The summed E-state index contributed by atoms with van der Waals surface area (Å²) in [4.78, 5) is 17.2. The number of fused-ring (bicyclic) bond motifs is 3. The molecule has 7 heteroatoms. The van der Waals surface area contributed by atoms with Crippen LogP contribution in [0.5, 0.6) is 5.75 Å². The van der Waals surface area contributed by atoms with Crippen LogP contribution in [0.25, 0.3) is 21.8 Å². The second-order valence-corrected chi connectivity index (χ2v) is 5.62. The van der Waals surface area contributed by atoms with Crippen LogP contribution < -0.4 is 10.3 Å². The summed E-state index contributed by atoms with van der Waals surface area (Å²) in [5.74, 6) is 0.750. The van der Waals surface area contributed by atoms with Gasteiger partial charge in [0.1, 0.15) is 12.4 Å². The van der Waals surface area contributed by atoms with Crippen molar-refractivity contribution >= 4 is 21.8 Å². The largest absolute Gasteiger partial charge is 0.492 e. The van der Waals surface area contributed by atoms with Crippen LogP contribution >= 0.6 is 0 Å². The SMILES string of the molecule is O=c1[nH]c2cc(OCCN3CCOCC3)ccc2c2[nH]ncc12. The van der Waals surface area contributed by atoms with Crippen molar-refractivity contribution in [2.75, 3.05) is 39.5 Å². The summed E-state index contributed by atoms with van der Waals surface area (Å²) in [7, 11) is 0. The number of morpholine rings is 1. The lowest BCUT2D eigenvalue weighted by Crippen LogP contribution is -2.38. The number of benzene rings is 1. The van der Waals surface area contributed by atoms with E-state index >= 15 is 0 Å². The molecule has 7 nitrogen and oxygen atoms in total. The molecule has 0 bridgehead atoms. The van der Waals surface area contributed by atoms with Crippen LogP contribution in [0, 0.1) is 0 Å². The topological polar surface area (TPSA) is 83.2 Å². The molecule has 0 spiro atoms. The van der Waals surface area contributed by atoms with Gasteiger partial charge in [-0.05, 0) is 12.1 Å². The van der Waals surface area contributed by atoms with Gasteiger partial charge in [-0.15, -0.1) is 0 Å². The Kier molecular flexibility index (Phi) is 3.72. The third-order valence-corrected chi connectivity index (χ3v) is 4.17. The lowest BCUT2D eigenvalue weighted by Gasteiger charge is -2.26. The van der Waals surface area contributed by atoms with Crippen LogP contribution in [-0.4, -0.2) is 59.5 Å². The van der Waals surface area contributed by atoms with Crippen LogP contribution in [0.15, 0.2) is 29.2 Å². The average molecular weight is 314 g/mol. The predicted octanol–water partition coefficient (Wildman–Crippen LogP) is 1.12. The van der Waals surface area contributed by atoms with Crippen LogP contribution in [0.4, 0.5) is 0 Å². The first-order chi connectivity index (χ1) is 11.3. The van der Waals surface area contributed by atoms with Crippen LogP contribution in [0.3, 0.4) is 0 Å². The Morgan fingerprint density at radius 1 is 1.26 bits per heavy atom. The Bertz CT molecular complexity index is 880. The molecule has 0 amide bonds. The number of nitrogens with one attached hydrogen (secondary N) is 2. The van der Waals surface area contributed by atoms with Gasteiger partial charge in [-0.3, -0.25) is 14.8 Å². The third kappa shape index (κ3) is 2.80. The molecule has 4 rings (SSSR count). The van der Waals surface area contributed by atoms with E-state index in [9.17, 15) is 4.79 Å². The molecule has 23 heavy (non-hydrogen) atoms. The third-order valence-electron chi connectivity index (χ3n) is 4.17. The maximum atomic E-state index is 12.0. The van der Waals surface area contributed by atoms with Gasteiger partial charge in [0.2, 0.25) is 0 Å². The summed E-state index contributed by atoms with van der Waals surface area (Å²) in [6, 6.07) is 5.71. The molecular weight excluding hydrogens is 296 g/mol. The van der Waals surface area contributed by atoms with E-state index < -0.39 is 0 Å². The Hall–Kier alpha value is -2.38. The van der Waals surface area contributed by atoms with Gasteiger partial charge in [0.05, 0.1) is 35.8 Å². The van der Waals surface area contributed by atoms with E-state index in [0.717, 1.165) is 55.0 Å². The molecule has 0 saturated carbocycles. The van der Waals surface area contributed by atoms with E-state index in [4.69, 9.17) is 9.47 Å². The molecule has 120 valence electrons. The maximum absolute atomic E-state index is 12.0. The molecule has 0 radical (unpaired) electrons. The highest BCUT2D eigenvalue weighted by Crippen LogP contribution is 2.23. The van der Waals surface area contributed by atoms with Gasteiger partial charge in [-0.2, -0.15) is 5.10 Å². The number of hydrogen-bond acceptors (Lipinski definition) is 5. The fraction of sp³-hybridized carbons (Fsp3) is 0.375. The monoisotopic (exact) mass is 314 g/mol. The second kappa shape index (κ2) is 6.02. The standard InChI is InChI=1S/C16H18N4O3/c21-16-13-10-17-19-15(13)12-2-1-11(9-14(12)18-16)23-8-5-20-3-6-22-7-4-20/h1-2,9-10H,3-8H2,(H,17,19)(H,18,21). The molecule has 1 aliphatic heterocycles. The molecule has 1 fully saturated rings. The summed E-state index contributed by atoms with van der Waals surface area (Å²) in [5.41, 5.74) is 1.35. The summed E-state index contributed by atoms with van der Waals surface area (Å²) < 4.78 is 11.1. The molecule has 0 aliphatic carbocycles. The molecule has 0 atom stereocenters. The van der Waals surface area contributed by atoms with E-state index in [1.807, 2.05) is 18.2 Å². The second-order valence-electron chi connectivity index (χ2n) is 5.62. The summed E-state index contributed by atoms with van der Waals surface area (Å²) in [5, 5.41) is 8.32. The van der Waals surface area contributed by atoms with Crippen molar-refractivity contribution in [2.24, 2.45) is 0 Å². The number of aromatic amines is 2. The minimum Gasteiger partial charge on any atom is -0.492 e. The predicted molar refractivity (Wildman–Crippen MR) is 87.0 cm³/mol. The molecule has 1 saturated heterocycles. The van der Waals surface area contributed by atoms with E-state index in [-0.39, 0.29) is 5.56 Å². The number of H-pyrrole nitrogens is 2. The first-order valence-corrected chi connectivity index (χ1v) is 7.73. The Balaban J connectivity index is 1.52. The number of ether oxygens (including phenoxy) is 2.